The minimum Gasteiger partial charge on any atom is -0.482 e. The smallest absolute Gasteiger partial charge is 0.265 e. The average Bonchev–Trinajstić information content (AvgIpc) is 2.97. The Bertz CT molecular complexity index is 1210. The number of aryl methyl sites for hydroxylation is 1. The molecule has 5 rings (SSSR count). The second-order valence-electron chi connectivity index (χ2n) is 10.3. The first kappa shape index (κ1) is 26.0. The zero-order valence-electron chi connectivity index (χ0n) is 22.0. The van der Waals surface area contributed by atoms with E-state index in [9.17, 15) is 9.59 Å². The van der Waals surface area contributed by atoms with E-state index in [0.717, 1.165) is 68.7 Å². The Morgan fingerprint density at radius 3 is 2.29 bits per heavy atom. The number of hydrogen-bond donors (Lipinski definition) is 1. The van der Waals surface area contributed by atoms with Crippen molar-refractivity contribution in [1.82, 2.24) is 10.2 Å². The fourth-order valence-electron chi connectivity index (χ4n) is 5.67. The summed E-state index contributed by atoms with van der Waals surface area (Å²) in [6.45, 7) is 3.80. The first-order valence-electron chi connectivity index (χ1n) is 13.8. The SMILES string of the molecule is O=C1COc2ccccc2N1CCN1CCC(C(=O)NCCCCc2ccccc2)(c2ccccc2)CC1. The van der Waals surface area contributed by atoms with E-state index in [4.69, 9.17) is 4.74 Å². The molecule has 0 saturated carbocycles. The number of carbonyl (C=O) groups excluding carboxylic acids is 2. The number of carbonyl (C=O) groups is 2. The van der Waals surface area contributed by atoms with Gasteiger partial charge >= 0.3 is 0 Å². The first-order chi connectivity index (χ1) is 18.7. The Kier molecular flexibility index (Phi) is 8.39. The Labute approximate surface area is 225 Å². The molecule has 2 aliphatic heterocycles. The molecule has 2 aliphatic rings. The van der Waals surface area contributed by atoms with Gasteiger partial charge in [-0.3, -0.25) is 9.59 Å². The normalized spacial score (nSPS) is 16.9. The Morgan fingerprint density at radius 1 is 0.842 bits per heavy atom. The molecule has 0 aliphatic carbocycles. The number of unbranched alkanes of at least 4 members (excludes halogenated alkanes) is 1. The standard InChI is InChI=1S/C32H37N3O3/c36-30-25-38-29-17-8-7-16-28(29)35(30)24-23-34-21-18-32(19-22-34,27-14-5-2-6-15-27)31(37)33-20-10-9-13-26-11-3-1-4-12-26/h1-8,11-12,14-17H,9-10,13,18-25H2,(H,33,37). The first-order valence-corrected chi connectivity index (χ1v) is 13.8. The molecule has 0 radical (unpaired) electrons. The third-order valence-electron chi connectivity index (χ3n) is 7.94. The number of hydrogen-bond acceptors (Lipinski definition) is 4. The van der Waals surface area contributed by atoms with Crippen LogP contribution in [0.4, 0.5) is 5.69 Å². The molecule has 0 aromatic heterocycles. The zero-order valence-corrected chi connectivity index (χ0v) is 22.0. The highest BCUT2D eigenvalue weighted by atomic mass is 16.5. The Hall–Kier alpha value is -3.64. The molecular formula is C32H37N3O3. The molecule has 1 N–H and O–H groups in total. The molecule has 0 atom stereocenters. The molecule has 0 unspecified atom stereocenters. The lowest BCUT2D eigenvalue weighted by molar-refractivity contribution is -0.128. The van der Waals surface area contributed by atoms with E-state index in [0.29, 0.717) is 13.1 Å². The topological polar surface area (TPSA) is 61.9 Å². The summed E-state index contributed by atoms with van der Waals surface area (Å²) in [5.74, 6) is 0.889. The Balaban J connectivity index is 1.17. The third-order valence-corrected chi connectivity index (χ3v) is 7.94. The fraction of sp³-hybridized carbons (Fsp3) is 0.375. The summed E-state index contributed by atoms with van der Waals surface area (Å²) in [6.07, 6.45) is 4.58. The van der Waals surface area contributed by atoms with Gasteiger partial charge < -0.3 is 19.9 Å². The summed E-state index contributed by atoms with van der Waals surface area (Å²) < 4.78 is 5.58. The van der Waals surface area contributed by atoms with Gasteiger partial charge in [0.1, 0.15) is 5.75 Å². The summed E-state index contributed by atoms with van der Waals surface area (Å²) >= 11 is 0. The second-order valence-corrected chi connectivity index (χ2v) is 10.3. The molecule has 198 valence electrons. The van der Waals surface area contributed by atoms with Gasteiger partial charge in [0, 0.05) is 19.6 Å². The van der Waals surface area contributed by atoms with E-state index >= 15 is 0 Å². The Morgan fingerprint density at radius 2 is 1.53 bits per heavy atom. The monoisotopic (exact) mass is 511 g/mol. The van der Waals surface area contributed by atoms with Crippen molar-refractivity contribution < 1.29 is 14.3 Å². The molecule has 6 heteroatoms. The molecule has 0 spiro atoms. The molecule has 3 aromatic carbocycles. The highest BCUT2D eigenvalue weighted by Crippen LogP contribution is 2.36. The van der Waals surface area contributed by atoms with E-state index in [1.807, 2.05) is 53.4 Å². The molecule has 1 fully saturated rings. The van der Waals surface area contributed by atoms with Gasteiger partial charge in [0.15, 0.2) is 6.61 Å². The maximum Gasteiger partial charge on any atom is 0.265 e. The molecule has 2 amide bonds. The number of benzene rings is 3. The van der Waals surface area contributed by atoms with Gasteiger partial charge in [-0.05, 0) is 68.5 Å². The number of piperidine rings is 1. The number of likely N-dealkylation sites (tertiary alicyclic amines) is 1. The molecular weight excluding hydrogens is 474 g/mol. The molecule has 1 saturated heterocycles. The van der Waals surface area contributed by atoms with Gasteiger partial charge in [-0.25, -0.2) is 0 Å². The predicted molar refractivity (Wildman–Crippen MR) is 150 cm³/mol. The largest absolute Gasteiger partial charge is 0.482 e. The lowest BCUT2D eigenvalue weighted by atomic mass is 9.72. The van der Waals surface area contributed by atoms with Crippen molar-refractivity contribution in [2.24, 2.45) is 0 Å². The van der Waals surface area contributed by atoms with Crippen LogP contribution in [-0.4, -0.2) is 56.0 Å². The minimum atomic E-state index is -0.515. The van der Waals surface area contributed by atoms with Crippen LogP contribution < -0.4 is 15.0 Å². The number of fused-ring (bicyclic) bond motifs is 1. The van der Waals surface area contributed by atoms with Gasteiger partial charge in [-0.1, -0.05) is 72.8 Å². The highest BCUT2D eigenvalue weighted by molar-refractivity contribution is 5.97. The van der Waals surface area contributed by atoms with Crippen LogP contribution in [-0.2, 0) is 21.4 Å². The molecule has 3 aromatic rings. The van der Waals surface area contributed by atoms with Gasteiger partial charge in [0.05, 0.1) is 11.1 Å². The molecule has 2 heterocycles. The van der Waals surface area contributed by atoms with E-state index in [2.05, 4.69) is 46.6 Å². The summed E-state index contributed by atoms with van der Waals surface area (Å²) in [5.41, 5.74) is 2.76. The van der Waals surface area contributed by atoms with Gasteiger partial charge in [-0.15, -0.1) is 0 Å². The van der Waals surface area contributed by atoms with Gasteiger partial charge in [0.2, 0.25) is 5.91 Å². The van der Waals surface area contributed by atoms with Crippen molar-refractivity contribution in [1.29, 1.82) is 0 Å². The summed E-state index contributed by atoms with van der Waals surface area (Å²) in [5, 5.41) is 3.27. The average molecular weight is 512 g/mol. The quantitative estimate of drug-likeness (QED) is 0.405. The number of para-hydroxylation sites is 2. The number of rotatable bonds is 10. The van der Waals surface area contributed by atoms with E-state index in [1.54, 1.807) is 0 Å². The number of nitrogens with one attached hydrogen (secondary N) is 1. The van der Waals surface area contributed by atoms with Crippen molar-refractivity contribution in [2.45, 2.75) is 37.5 Å². The van der Waals surface area contributed by atoms with Gasteiger partial charge in [-0.2, -0.15) is 0 Å². The second kappa shape index (κ2) is 12.3. The predicted octanol–water partition coefficient (Wildman–Crippen LogP) is 4.58. The minimum absolute atomic E-state index is 0.00835. The number of ether oxygens (including phenoxy) is 1. The van der Waals surface area contributed by atoms with Crippen LogP contribution in [0.1, 0.15) is 36.8 Å². The van der Waals surface area contributed by atoms with E-state index in [-0.39, 0.29) is 18.4 Å². The van der Waals surface area contributed by atoms with Crippen LogP contribution in [0.15, 0.2) is 84.9 Å². The summed E-state index contributed by atoms with van der Waals surface area (Å²) in [7, 11) is 0. The van der Waals surface area contributed by atoms with Crippen molar-refractivity contribution in [3.05, 3.63) is 96.1 Å². The van der Waals surface area contributed by atoms with Crippen molar-refractivity contribution in [3.8, 4) is 5.75 Å². The number of nitrogens with zero attached hydrogens (tertiary/aromatic N) is 2. The van der Waals surface area contributed by atoms with Crippen LogP contribution >= 0.6 is 0 Å². The fourth-order valence-corrected chi connectivity index (χ4v) is 5.67. The zero-order chi connectivity index (χ0) is 26.2. The lowest BCUT2D eigenvalue weighted by Gasteiger charge is -2.41. The highest BCUT2D eigenvalue weighted by Gasteiger charge is 2.42. The maximum absolute atomic E-state index is 13.6. The van der Waals surface area contributed by atoms with Crippen molar-refractivity contribution >= 4 is 17.5 Å². The van der Waals surface area contributed by atoms with Crippen molar-refractivity contribution in [2.75, 3.05) is 44.2 Å². The van der Waals surface area contributed by atoms with Crippen LogP contribution in [0.25, 0.3) is 0 Å². The maximum atomic E-state index is 13.6. The molecule has 38 heavy (non-hydrogen) atoms. The van der Waals surface area contributed by atoms with Crippen LogP contribution in [0.2, 0.25) is 0 Å². The van der Waals surface area contributed by atoms with Crippen molar-refractivity contribution in [3.63, 3.8) is 0 Å². The molecule has 0 bridgehead atoms. The van der Waals surface area contributed by atoms with Gasteiger partial charge in [0.25, 0.3) is 5.91 Å². The number of anilines is 1. The van der Waals surface area contributed by atoms with Crippen LogP contribution in [0, 0.1) is 0 Å². The van der Waals surface area contributed by atoms with E-state index < -0.39 is 5.41 Å². The third kappa shape index (κ3) is 5.91. The summed E-state index contributed by atoms with van der Waals surface area (Å²) in [4.78, 5) is 30.4. The van der Waals surface area contributed by atoms with E-state index in [1.165, 1.54) is 5.56 Å². The summed E-state index contributed by atoms with van der Waals surface area (Å²) in [6, 6.07) is 28.4. The number of amides is 2. The van der Waals surface area contributed by atoms with Crippen LogP contribution in [0.3, 0.4) is 0 Å². The van der Waals surface area contributed by atoms with Crippen LogP contribution in [0.5, 0.6) is 5.75 Å². The lowest BCUT2D eigenvalue weighted by Crippen LogP contribution is -2.53. The molecule has 6 nitrogen and oxygen atoms in total.